The lowest BCUT2D eigenvalue weighted by Crippen LogP contribution is -2.48. The first-order valence-corrected chi connectivity index (χ1v) is 12.0. The smallest absolute Gasteiger partial charge is 0.321 e. The highest BCUT2D eigenvalue weighted by molar-refractivity contribution is 9.10. The molecule has 3 heterocycles. The van der Waals surface area contributed by atoms with Gasteiger partial charge in [0, 0.05) is 73.4 Å². The Labute approximate surface area is 206 Å². The number of rotatable bonds is 4. The Hall–Kier alpha value is -3.43. The van der Waals surface area contributed by atoms with Crippen molar-refractivity contribution in [2.75, 3.05) is 50.5 Å². The van der Waals surface area contributed by atoms with Gasteiger partial charge in [-0.25, -0.2) is 14.8 Å². The van der Waals surface area contributed by atoms with Crippen molar-refractivity contribution in [3.05, 3.63) is 59.2 Å². The van der Waals surface area contributed by atoms with Crippen molar-refractivity contribution in [3.8, 4) is 22.5 Å². The van der Waals surface area contributed by atoms with Gasteiger partial charge in [-0.1, -0.05) is 12.1 Å². The van der Waals surface area contributed by atoms with Crippen molar-refractivity contribution in [1.29, 1.82) is 0 Å². The van der Waals surface area contributed by atoms with Crippen molar-refractivity contribution >= 4 is 44.5 Å². The van der Waals surface area contributed by atoms with Crippen LogP contribution in [0.5, 0.6) is 0 Å². The zero-order valence-electron chi connectivity index (χ0n) is 19.1. The molecule has 8 nitrogen and oxygen atoms in total. The van der Waals surface area contributed by atoms with E-state index in [1.807, 2.05) is 43.3 Å². The molecule has 34 heavy (non-hydrogen) atoms. The molecule has 1 aliphatic heterocycles. The van der Waals surface area contributed by atoms with Gasteiger partial charge in [0.05, 0.1) is 0 Å². The largest absolute Gasteiger partial charge is 0.378 e. The summed E-state index contributed by atoms with van der Waals surface area (Å²) >= 11 is 3.65. The lowest BCUT2D eigenvalue weighted by molar-refractivity contribution is 0.204. The van der Waals surface area contributed by atoms with Crippen LogP contribution < -0.4 is 15.5 Å². The molecular weight excluding hydrogens is 494 g/mol. The molecule has 0 aliphatic carbocycles. The third-order valence-electron chi connectivity index (χ3n) is 5.95. The van der Waals surface area contributed by atoms with Crippen molar-refractivity contribution in [1.82, 2.24) is 25.2 Å². The van der Waals surface area contributed by atoms with E-state index in [0.29, 0.717) is 13.1 Å². The number of aromatic nitrogens is 3. The number of nitrogens with zero attached hydrogens (tertiary/aromatic N) is 4. The summed E-state index contributed by atoms with van der Waals surface area (Å²) < 4.78 is 0.860. The molecule has 2 aromatic carbocycles. The molecular formula is C25H26BrN7O. The molecule has 174 valence electrons. The number of H-pyrrole nitrogens is 1. The molecule has 1 fully saturated rings. The Bertz CT molecular complexity index is 1310. The average Bonchev–Trinajstić information content (AvgIpc) is 3.29. The summed E-state index contributed by atoms with van der Waals surface area (Å²) in [7, 11) is 4.04. The van der Waals surface area contributed by atoms with E-state index >= 15 is 0 Å². The highest BCUT2D eigenvalue weighted by atomic mass is 79.9. The van der Waals surface area contributed by atoms with E-state index in [-0.39, 0.29) is 6.03 Å². The van der Waals surface area contributed by atoms with Crippen LogP contribution in [0.15, 0.2) is 59.2 Å². The highest BCUT2D eigenvalue weighted by Gasteiger charge is 2.17. The van der Waals surface area contributed by atoms with Crippen LogP contribution in [0.1, 0.15) is 0 Å². The molecule has 2 amide bonds. The Kier molecular flexibility index (Phi) is 6.21. The van der Waals surface area contributed by atoms with Crippen LogP contribution in [0, 0.1) is 0 Å². The van der Waals surface area contributed by atoms with E-state index in [4.69, 9.17) is 4.98 Å². The fraction of sp³-hybridized carbons (Fsp3) is 0.240. The van der Waals surface area contributed by atoms with E-state index in [1.54, 1.807) is 6.20 Å². The number of hydrogen-bond donors (Lipinski definition) is 3. The molecule has 5 rings (SSSR count). The summed E-state index contributed by atoms with van der Waals surface area (Å²) in [5.74, 6) is 0.770. The standard InChI is InChI=1S/C25H26BrN7O/c1-32(2)19-9-5-17(6-10-19)23-30-22-21(20(26)15-28-24(22)31-23)16-3-7-18(8-4-16)29-25(34)33-13-11-27-12-14-33/h3-10,15,27H,11-14H2,1-2H3,(H,29,34)(H,28,30,31). The van der Waals surface area contributed by atoms with Crippen LogP contribution in [-0.4, -0.2) is 66.2 Å². The first-order chi connectivity index (χ1) is 16.5. The zero-order valence-corrected chi connectivity index (χ0v) is 20.7. The fourth-order valence-electron chi connectivity index (χ4n) is 4.05. The number of carbonyl (C=O) groups excluding carboxylic acids is 1. The van der Waals surface area contributed by atoms with Crippen molar-refractivity contribution < 1.29 is 4.79 Å². The van der Waals surface area contributed by atoms with Crippen LogP contribution in [0.3, 0.4) is 0 Å². The first kappa shape index (κ1) is 22.4. The van der Waals surface area contributed by atoms with E-state index in [9.17, 15) is 4.79 Å². The third kappa shape index (κ3) is 4.49. The summed E-state index contributed by atoms with van der Waals surface area (Å²) in [5.41, 5.74) is 6.34. The average molecular weight is 520 g/mol. The summed E-state index contributed by atoms with van der Waals surface area (Å²) in [6, 6.07) is 16.0. The number of benzene rings is 2. The summed E-state index contributed by atoms with van der Waals surface area (Å²) in [6.07, 6.45) is 1.79. The summed E-state index contributed by atoms with van der Waals surface area (Å²) in [4.78, 5) is 29.1. The molecule has 0 radical (unpaired) electrons. The van der Waals surface area contributed by atoms with Gasteiger partial charge in [0.1, 0.15) is 11.3 Å². The maximum absolute atomic E-state index is 12.5. The predicted octanol–water partition coefficient (Wildman–Crippen LogP) is 4.56. The van der Waals surface area contributed by atoms with Gasteiger partial charge in [0.2, 0.25) is 0 Å². The molecule has 0 bridgehead atoms. The van der Waals surface area contributed by atoms with Gasteiger partial charge in [0.15, 0.2) is 5.65 Å². The van der Waals surface area contributed by atoms with Gasteiger partial charge in [-0.3, -0.25) is 0 Å². The zero-order chi connectivity index (χ0) is 23.7. The van der Waals surface area contributed by atoms with Gasteiger partial charge in [-0.15, -0.1) is 0 Å². The van der Waals surface area contributed by atoms with Crippen LogP contribution in [0.25, 0.3) is 33.7 Å². The van der Waals surface area contributed by atoms with Crippen molar-refractivity contribution in [2.45, 2.75) is 0 Å². The number of fused-ring (bicyclic) bond motifs is 1. The minimum atomic E-state index is -0.0704. The first-order valence-electron chi connectivity index (χ1n) is 11.2. The van der Waals surface area contributed by atoms with Crippen LogP contribution in [0.4, 0.5) is 16.2 Å². The molecule has 0 spiro atoms. The molecule has 0 unspecified atom stereocenters. The molecule has 0 saturated carbocycles. The monoisotopic (exact) mass is 519 g/mol. The number of anilines is 2. The summed E-state index contributed by atoms with van der Waals surface area (Å²) in [6.45, 7) is 3.07. The molecule has 0 atom stereocenters. The van der Waals surface area contributed by atoms with Crippen molar-refractivity contribution in [2.24, 2.45) is 0 Å². The lowest BCUT2D eigenvalue weighted by Gasteiger charge is -2.27. The lowest BCUT2D eigenvalue weighted by atomic mass is 10.1. The molecule has 3 N–H and O–H groups in total. The fourth-order valence-corrected chi connectivity index (χ4v) is 4.57. The van der Waals surface area contributed by atoms with Gasteiger partial charge < -0.3 is 25.4 Å². The van der Waals surface area contributed by atoms with E-state index in [1.165, 1.54) is 0 Å². The molecule has 2 aromatic heterocycles. The number of halogens is 1. The Morgan fingerprint density at radius 3 is 2.38 bits per heavy atom. The highest BCUT2D eigenvalue weighted by Crippen LogP contribution is 2.35. The number of nitrogens with one attached hydrogen (secondary N) is 3. The van der Waals surface area contributed by atoms with Gasteiger partial charge in [0.25, 0.3) is 0 Å². The van der Waals surface area contributed by atoms with E-state index in [2.05, 4.69) is 65.7 Å². The molecule has 4 aromatic rings. The maximum atomic E-state index is 12.5. The quantitative estimate of drug-likeness (QED) is 0.367. The normalized spacial score (nSPS) is 13.8. The SMILES string of the molecule is CN(C)c1ccc(-c2nc3c(-c4ccc(NC(=O)N5CCNCC5)cc4)c(Br)cnc3[nH]2)cc1. The van der Waals surface area contributed by atoms with E-state index in [0.717, 1.165) is 62.6 Å². The predicted molar refractivity (Wildman–Crippen MR) is 140 cm³/mol. The number of imidazole rings is 1. The Balaban J connectivity index is 1.42. The minimum absolute atomic E-state index is 0.0704. The number of urea groups is 1. The Morgan fingerprint density at radius 2 is 1.71 bits per heavy atom. The second-order valence-electron chi connectivity index (χ2n) is 8.45. The van der Waals surface area contributed by atoms with Crippen LogP contribution in [-0.2, 0) is 0 Å². The Morgan fingerprint density at radius 1 is 1.03 bits per heavy atom. The molecule has 9 heteroatoms. The number of amides is 2. The van der Waals surface area contributed by atoms with Crippen LogP contribution in [0.2, 0.25) is 0 Å². The second-order valence-corrected chi connectivity index (χ2v) is 9.30. The number of pyridine rings is 1. The molecule has 1 saturated heterocycles. The van der Waals surface area contributed by atoms with Gasteiger partial charge >= 0.3 is 6.03 Å². The van der Waals surface area contributed by atoms with Crippen LogP contribution >= 0.6 is 15.9 Å². The summed E-state index contributed by atoms with van der Waals surface area (Å²) in [5, 5.41) is 6.25. The number of carbonyl (C=O) groups is 1. The third-order valence-corrected chi connectivity index (χ3v) is 6.55. The number of hydrogen-bond acceptors (Lipinski definition) is 5. The molecule has 1 aliphatic rings. The van der Waals surface area contributed by atoms with Gasteiger partial charge in [-0.2, -0.15) is 0 Å². The van der Waals surface area contributed by atoms with Crippen molar-refractivity contribution in [3.63, 3.8) is 0 Å². The van der Waals surface area contributed by atoms with Gasteiger partial charge in [-0.05, 0) is 57.9 Å². The maximum Gasteiger partial charge on any atom is 0.321 e. The topological polar surface area (TPSA) is 89.2 Å². The second kappa shape index (κ2) is 9.44. The minimum Gasteiger partial charge on any atom is -0.378 e. The number of aromatic amines is 1. The number of piperazine rings is 1. The van der Waals surface area contributed by atoms with E-state index < -0.39 is 0 Å².